The Kier molecular flexibility index (Phi) is 5.96. The summed E-state index contributed by atoms with van der Waals surface area (Å²) in [6.07, 6.45) is 2.83. The van der Waals surface area contributed by atoms with Crippen molar-refractivity contribution in [2.75, 3.05) is 0 Å². The molecule has 4 heteroatoms. The first kappa shape index (κ1) is 15.3. The van der Waals surface area contributed by atoms with Crippen LogP contribution in [0.3, 0.4) is 0 Å². The van der Waals surface area contributed by atoms with E-state index in [1.54, 1.807) is 0 Å². The van der Waals surface area contributed by atoms with Crippen molar-refractivity contribution < 1.29 is 19.8 Å². The highest BCUT2D eigenvalue weighted by molar-refractivity contribution is 5.85. The maximum absolute atomic E-state index is 11.7. The highest BCUT2D eigenvalue weighted by Gasteiger charge is 2.28. The first-order chi connectivity index (χ1) is 8.43. The normalized spacial score (nSPS) is 28.9. The van der Waals surface area contributed by atoms with Crippen LogP contribution in [-0.2, 0) is 9.59 Å². The number of ketones is 2. The summed E-state index contributed by atoms with van der Waals surface area (Å²) in [6, 6.07) is 0. The van der Waals surface area contributed by atoms with Gasteiger partial charge in [-0.3, -0.25) is 9.59 Å². The lowest BCUT2D eigenvalue weighted by Crippen LogP contribution is -2.30. The average Bonchev–Trinajstić information content (AvgIpc) is 2.27. The molecule has 0 saturated heterocycles. The summed E-state index contributed by atoms with van der Waals surface area (Å²) >= 11 is 0. The van der Waals surface area contributed by atoms with E-state index in [0.29, 0.717) is 0 Å². The van der Waals surface area contributed by atoms with Crippen molar-refractivity contribution >= 4 is 11.6 Å². The second kappa shape index (κ2) is 7.00. The third-order valence-corrected chi connectivity index (χ3v) is 3.84. The third-order valence-electron chi connectivity index (χ3n) is 3.84. The summed E-state index contributed by atoms with van der Waals surface area (Å²) in [4.78, 5) is 23.5. The minimum Gasteiger partial charge on any atom is -0.386 e. The average molecular weight is 256 g/mol. The largest absolute Gasteiger partial charge is 0.386 e. The Morgan fingerprint density at radius 3 is 1.33 bits per heavy atom. The molecular weight excluding hydrogens is 232 g/mol. The van der Waals surface area contributed by atoms with E-state index in [0.717, 1.165) is 38.5 Å². The van der Waals surface area contributed by atoms with Gasteiger partial charge in [-0.1, -0.05) is 12.8 Å². The summed E-state index contributed by atoms with van der Waals surface area (Å²) in [6.45, 7) is 3.03. The van der Waals surface area contributed by atoms with Crippen molar-refractivity contribution in [2.24, 2.45) is 11.8 Å². The van der Waals surface area contributed by atoms with Crippen LogP contribution in [0.5, 0.6) is 0 Å². The molecular formula is C14H24O4. The third kappa shape index (κ3) is 4.18. The summed E-state index contributed by atoms with van der Waals surface area (Å²) in [7, 11) is 0. The fourth-order valence-corrected chi connectivity index (χ4v) is 2.76. The van der Waals surface area contributed by atoms with E-state index < -0.39 is 12.2 Å². The fraction of sp³-hybridized carbons (Fsp3) is 0.857. The Labute approximate surface area is 108 Å². The molecule has 1 aliphatic carbocycles. The molecule has 1 saturated carbocycles. The summed E-state index contributed by atoms with van der Waals surface area (Å²) < 4.78 is 0. The molecule has 2 N–H and O–H groups in total. The molecule has 18 heavy (non-hydrogen) atoms. The van der Waals surface area contributed by atoms with Crippen LogP contribution in [0.25, 0.3) is 0 Å². The Balaban J connectivity index is 2.50. The second-order valence-corrected chi connectivity index (χ2v) is 5.41. The van der Waals surface area contributed by atoms with Gasteiger partial charge in [0.1, 0.15) is 12.2 Å². The van der Waals surface area contributed by atoms with Crippen molar-refractivity contribution in [3.05, 3.63) is 0 Å². The molecule has 1 fully saturated rings. The monoisotopic (exact) mass is 256 g/mol. The molecule has 0 aromatic rings. The lowest BCUT2D eigenvalue weighted by Gasteiger charge is -2.24. The zero-order chi connectivity index (χ0) is 13.7. The number of aliphatic hydroxyl groups excluding tert-OH is 2. The van der Waals surface area contributed by atoms with Gasteiger partial charge in [-0.2, -0.15) is 0 Å². The van der Waals surface area contributed by atoms with Crippen molar-refractivity contribution in [2.45, 2.75) is 64.6 Å². The molecule has 0 aromatic carbocycles. The van der Waals surface area contributed by atoms with Gasteiger partial charge >= 0.3 is 0 Å². The number of rotatable bonds is 4. The second-order valence-electron chi connectivity index (χ2n) is 5.41. The van der Waals surface area contributed by atoms with Crippen LogP contribution < -0.4 is 0 Å². The van der Waals surface area contributed by atoms with Crippen LogP contribution in [-0.4, -0.2) is 34.0 Å². The SMILES string of the molecule is CC(O)C(=O)C1CCCC(C(=O)C(C)O)CCC1. The molecule has 0 heterocycles. The van der Waals surface area contributed by atoms with Crippen LogP contribution in [0, 0.1) is 11.8 Å². The van der Waals surface area contributed by atoms with E-state index >= 15 is 0 Å². The van der Waals surface area contributed by atoms with Crippen LogP contribution in [0.1, 0.15) is 52.4 Å². The number of Topliss-reactive ketones (excluding diaryl/α,β-unsaturated/α-hetero) is 2. The predicted molar refractivity (Wildman–Crippen MR) is 68.1 cm³/mol. The predicted octanol–water partition coefficient (Wildman–Crippen LogP) is 1.47. The number of aliphatic hydroxyl groups is 2. The molecule has 0 bridgehead atoms. The van der Waals surface area contributed by atoms with Gasteiger partial charge in [0.2, 0.25) is 0 Å². The molecule has 2 unspecified atom stereocenters. The van der Waals surface area contributed by atoms with Gasteiger partial charge in [0.25, 0.3) is 0 Å². The van der Waals surface area contributed by atoms with E-state index in [-0.39, 0.29) is 23.4 Å². The number of hydrogen-bond donors (Lipinski definition) is 2. The van der Waals surface area contributed by atoms with E-state index in [9.17, 15) is 19.8 Å². The van der Waals surface area contributed by atoms with Gasteiger partial charge in [-0.25, -0.2) is 0 Å². The Morgan fingerprint density at radius 2 is 1.11 bits per heavy atom. The van der Waals surface area contributed by atoms with Gasteiger partial charge < -0.3 is 10.2 Å². The minimum atomic E-state index is -0.885. The molecule has 1 aliphatic rings. The zero-order valence-electron chi connectivity index (χ0n) is 11.3. The smallest absolute Gasteiger partial charge is 0.164 e. The van der Waals surface area contributed by atoms with E-state index in [4.69, 9.17) is 0 Å². The Bertz CT molecular complexity index is 258. The fourth-order valence-electron chi connectivity index (χ4n) is 2.76. The quantitative estimate of drug-likeness (QED) is 0.799. The Hall–Kier alpha value is -0.740. The lowest BCUT2D eigenvalue weighted by atomic mass is 9.81. The summed E-state index contributed by atoms with van der Waals surface area (Å²) in [5.74, 6) is -0.272. The highest BCUT2D eigenvalue weighted by Crippen LogP contribution is 2.28. The maximum Gasteiger partial charge on any atom is 0.164 e. The van der Waals surface area contributed by atoms with Crippen molar-refractivity contribution in [1.82, 2.24) is 0 Å². The molecule has 4 nitrogen and oxygen atoms in total. The van der Waals surface area contributed by atoms with Crippen molar-refractivity contribution in [3.8, 4) is 0 Å². The first-order valence-corrected chi connectivity index (χ1v) is 6.87. The molecule has 1 rings (SSSR count). The van der Waals surface area contributed by atoms with Crippen LogP contribution in [0.4, 0.5) is 0 Å². The van der Waals surface area contributed by atoms with Crippen LogP contribution in [0.2, 0.25) is 0 Å². The number of carbonyl (C=O) groups is 2. The maximum atomic E-state index is 11.7. The standard InChI is InChI=1S/C14H24O4/c1-9(15)13(17)11-5-3-7-12(8-4-6-11)14(18)10(2)16/h9-12,15-16H,3-8H2,1-2H3. The zero-order valence-corrected chi connectivity index (χ0v) is 11.3. The van der Waals surface area contributed by atoms with Gasteiger partial charge in [-0.15, -0.1) is 0 Å². The first-order valence-electron chi connectivity index (χ1n) is 6.87. The Morgan fingerprint density at radius 1 is 0.833 bits per heavy atom. The van der Waals surface area contributed by atoms with Gasteiger partial charge in [0.05, 0.1) is 0 Å². The molecule has 0 spiro atoms. The summed E-state index contributed by atoms with van der Waals surface area (Å²) in [5, 5.41) is 18.6. The molecule has 0 aromatic heterocycles. The van der Waals surface area contributed by atoms with Crippen molar-refractivity contribution in [3.63, 3.8) is 0 Å². The molecule has 0 amide bonds. The van der Waals surface area contributed by atoms with Gasteiger partial charge in [0.15, 0.2) is 11.6 Å². The van der Waals surface area contributed by atoms with Gasteiger partial charge in [0, 0.05) is 11.8 Å². The van der Waals surface area contributed by atoms with E-state index in [2.05, 4.69) is 0 Å². The molecule has 0 radical (unpaired) electrons. The molecule has 104 valence electrons. The van der Waals surface area contributed by atoms with Crippen LogP contribution >= 0.6 is 0 Å². The highest BCUT2D eigenvalue weighted by atomic mass is 16.3. The topological polar surface area (TPSA) is 74.6 Å². The van der Waals surface area contributed by atoms with E-state index in [1.807, 2.05) is 0 Å². The number of hydrogen-bond acceptors (Lipinski definition) is 4. The summed E-state index contributed by atoms with van der Waals surface area (Å²) in [5.41, 5.74) is 0. The minimum absolute atomic E-state index is 0.0624. The number of carbonyl (C=O) groups excluding carboxylic acids is 2. The van der Waals surface area contributed by atoms with Crippen molar-refractivity contribution in [1.29, 1.82) is 0 Å². The van der Waals surface area contributed by atoms with E-state index in [1.165, 1.54) is 13.8 Å². The lowest BCUT2D eigenvalue weighted by molar-refractivity contribution is -0.132. The van der Waals surface area contributed by atoms with Crippen LogP contribution in [0.15, 0.2) is 0 Å². The molecule has 0 aliphatic heterocycles. The molecule has 2 atom stereocenters. The van der Waals surface area contributed by atoms with Gasteiger partial charge in [-0.05, 0) is 39.5 Å².